The molecule has 14 heavy (non-hydrogen) atoms. The standard InChI is InChI=1S/C11H10N3/c1-2-3-10-4-6-11(7-5-10)14-9-12-8-13-14/h2-9H,1H2/b3-2+. The summed E-state index contributed by atoms with van der Waals surface area (Å²) in [6.07, 6.45) is 6.91. The molecule has 0 fully saturated rings. The molecule has 0 saturated carbocycles. The summed E-state index contributed by atoms with van der Waals surface area (Å²) in [6.45, 7) is 3.65. The zero-order valence-corrected chi connectivity index (χ0v) is 7.67. The summed E-state index contributed by atoms with van der Waals surface area (Å²) in [6, 6.07) is 8.01. The average molecular weight is 184 g/mol. The second-order valence-electron chi connectivity index (χ2n) is 2.83. The van der Waals surface area contributed by atoms with Gasteiger partial charge in [0.05, 0.1) is 5.69 Å². The molecule has 3 nitrogen and oxygen atoms in total. The Bertz CT molecular complexity index is 412. The fraction of sp³-hybridized carbons (Fsp3) is 0. The van der Waals surface area contributed by atoms with E-state index in [0.717, 1.165) is 11.3 Å². The van der Waals surface area contributed by atoms with Gasteiger partial charge in [0, 0.05) is 0 Å². The molecule has 1 aromatic heterocycles. The Morgan fingerprint density at radius 2 is 2.00 bits per heavy atom. The summed E-state index contributed by atoms with van der Waals surface area (Å²) in [5.41, 5.74) is 2.13. The van der Waals surface area contributed by atoms with Crippen LogP contribution in [0.15, 0.2) is 43.0 Å². The maximum Gasteiger partial charge on any atom is 0.138 e. The van der Waals surface area contributed by atoms with Crippen LogP contribution in [0, 0.1) is 6.92 Å². The van der Waals surface area contributed by atoms with Crippen molar-refractivity contribution in [3.05, 3.63) is 55.5 Å². The Balaban J connectivity index is 2.31. The summed E-state index contributed by atoms with van der Waals surface area (Å²) in [7, 11) is 0. The number of aromatic nitrogens is 3. The predicted molar refractivity (Wildman–Crippen MR) is 55.8 cm³/mol. The molecule has 0 aliphatic rings. The molecule has 3 heteroatoms. The third kappa shape index (κ3) is 1.71. The number of nitrogens with zero attached hydrogens (tertiary/aromatic N) is 3. The number of hydrogen-bond acceptors (Lipinski definition) is 2. The van der Waals surface area contributed by atoms with E-state index in [4.69, 9.17) is 0 Å². The fourth-order valence-corrected chi connectivity index (χ4v) is 1.22. The number of allylic oxidation sites excluding steroid dienone is 1. The van der Waals surface area contributed by atoms with E-state index >= 15 is 0 Å². The summed E-state index contributed by atoms with van der Waals surface area (Å²) in [5, 5.41) is 4.04. The fourth-order valence-electron chi connectivity index (χ4n) is 1.22. The Kier molecular flexibility index (Phi) is 2.40. The van der Waals surface area contributed by atoms with E-state index in [9.17, 15) is 0 Å². The van der Waals surface area contributed by atoms with E-state index in [1.807, 2.05) is 30.3 Å². The lowest BCUT2D eigenvalue weighted by atomic mass is 10.2. The van der Waals surface area contributed by atoms with Crippen molar-refractivity contribution in [1.29, 1.82) is 0 Å². The van der Waals surface area contributed by atoms with Crippen LogP contribution in [0.1, 0.15) is 5.56 Å². The van der Waals surface area contributed by atoms with Crippen molar-refractivity contribution in [2.24, 2.45) is 0 Å². The van der Waals surface area contributed by atoms with Gasteiger partial charge in [0.15, 0.2) is 0 Å². The topological polar surface area (TPSA) is 30.7 Å². The highest BCUT2D eigenvalue weighted by Crippen LogP contribution is 2.08. The molecule has 1 aromatic carbocycles. The Morgan fingerprint density at radius 1 is 1.21 bits per heavy atom. The van der Waals surface area contributed by atoms with Crippen LogP contribution in [0.2, 0.25) is 0 Å². The van der Waals surface area contributed by atoms with Crippen molar-refractivity contribution in [2.45, 2.75) is 0 Å². The molecule has 0 atom stereocenters. The van der Waals surface area contributed by atoms with Gasteiger partial charge in [-0.15, -0.1) is 0 Å². The normalized spacial score (nSPS) is 10.9. The first-order valence-corrected chi connectivity index (χ1v) is 4.31. The third-order valence-corrected chi connectivity index (χ3v) is 1.89. The van der Waals surface area contributed by atoms with Crippen LogP contribution in [-0.4, -0.2) is 14.8 Å². The summed E-state index contributed by atoms with van der Waals surface area (Å²) >= 11 is 0. The Morgan fingerprint density at radius 3 is 2.57 bits per heavy atom. The van der Waals surface area contributed by atoms with Crippen LogP contribution >= 0.6 is 0 Å². The second-order valence-corrected chi connectivity index (χ2v) is 2.83. The molecular formula is C11H10N3. The molecule has 0 saturated heterocycles. The van der Waals surface area contributed by atoms with Gasteiger partial charge in [-0.2, -0.15) is 5.10 Å². The number of hydrogen-bond donors (Lipinski definition) is 0. The highest BCUT2D eigenvalue weighted by Gasteiger charge is 1.94. The lowest BCUT2D eigenvalue weighted by Gasteiger charge is -1.99. The molecule has 69 valence electrons. The molecular weight excluding hydrogens is 174 g/mol. The van der Waals surface area contributed by atoms with E-state index in [0.29, 0.717) is 0 Å². The SMILES string of the molecule is [CH2]/C=C/c1ccc(-n2cncn2)cc1. The van der Waals surface area contributed by atoms with Crippen LogP contribution in [0.25, 0.3) is 11.8 Å². The minimum atomic E-state index is 1.00. The molecule has 0 spiro atoms. The lowest BCUT2D eigenvalue weighted by Crippen LogP contribution is -1.93. The van der Waals surface area contributed by atoms with Gasteiger partial charge in [0.1, 0.15) is 12.7 Å². The molecule has 0 aliphatic heterocycles. The first-order valence-electron chi connectivity index (χ1n) is 4.31. The molecule has 0 aliphatic carbocycles. The maximum absolute atomic E-state index is 4.04. The van der Waals surface area contributed by atoms with Crippen molar-refractivity contribution in [3.63, 3.8) is 0 Å². The van der Waals surface area contributed by atoms with Crippen molar-refractivity contribution >= 4 is 6.08 Å². The van der Waals surface area contributed by atoms with E-state index in [2.05, 4.69) is 17.0 Å². The Labute approximate surface area is 82.7 Å². The molecule has 1 radical (unpaired) electrons. The smallest absolute Gasteiger partial charge is 0.138 e. The van der Waals surface area contributed by atoms with Crippen LogP contribution in [0.5, 0.6) is 0 Å². The number of rotatable bonds is 2. The quantitative estimate of drug-likeness (QED) is 0.715. The van der Waals surface area contributed by atoms with Crippen LogP contribution in [-0.2, 0) is 0 Å². The Hall–Kier alpha value is -1.90. The minimum Gasteiger partial charge on any atom is -0.223 e. The summed E-state index contributed by atoms with van der Waals surface area (Å²) in [5.74, 6) is 0. The van der Waals surface area contributed by atoms with Gasteiger partial charge in [-0.05, 0) is 24.6 Å². The van der Waals surface area contributed by atoms with Crippen LogP contribution < -0.4 is 0 Å². The summed E-state index contributed by atoms with van der Waals surface area (Å²) in [4.78, 5) is 3.89. The van der Waals surface area contributed by atoms with Crippen LogP contribution in [0.4, 0.5) is 0 Å². The molecule has 0 amide bonds. The first-order chi connectivity index (χ1) is 6.90. The molecule has 2 rings (SSSR count). The van der Waals surface area contributed by atoms with Gasteiger partial charge in [-0.25, -0.2) is 9.67 Å². The van der Waals surface area contributed by atoms with Gasteiger partial charge in [0.2, 0.25) is 0 Å². The largest absolute Gasteiger partial charge is 0.223 e. The second kappa shape index (κ2) is 3.87. The van der Waals surface area contributed by atoms with E-state index < -0.39 is 0 Å². The molecule has 1 heterocycles. The van der Waals surface area contributed by atoms with E-state index in [-0.39, 0.29) is 0 Å². The van der Waals surface area contributed by atoms with Gasteiger partial charge in [0.25, 0.3) is 0 Å². The van der Waals surface area contributed by atoms with Gasteiger partial charge >= 0.3 is 0 Å². The van der Waals surface area contributed by atoms with E-state index in [1.165, 1.54) is 6.33 Å². The van der Waals surface area contributed by atoms with Crippen molar-refractivity contribution in [3.8, 4) is 5.69 Å². The van der Waals surface area contributed by atoms with Crippen molar-refractivity contribution in [2.75, 3.05) is 0 Å². The van der Waals surface area contributed by atoms with Crippen LogP contribution in [0.3, 0.4) is 0 Å². The number of benzene rings is 1. The van der Waals surface area contributed by atoms with Crippen molar-refractivity contribution < 1.29 is 0 Å². The zero-order chi connectivity index (χ0) is 9.80. The summed E-state index contributed by atoms with van der Waals surface area (Å²) < 4.78 is 1.72. The van der Waals surface area contributed by atoms with Gasteiger partial charge in [-0.1, -0.05) is 24.3 Å². The van der Waals surface area contributed by atoms with Gasteiger partial charge in [-0.3, -0.25) is 0 Å². The lowest BCUT2D eigenvalue weighted by molar-refractivity contribution is 0.879. The molecule has 2 aromatic rings. The van der Waals surface area contributed by atoms with Crippen molar-refractivity contribution in [1.82, 2.24) is 14.8 Å². The maximum atomic E-state index is 4.04. The monoisotopic (exact) mass is 184 g/mol. The highest BCUT2D eigenvalue weighted by atomic mass is 15.3. The molecule has 0 N–H and O–H groups in total. The first kappa shape index (κ1) is 8.69. The van der Waals surface area contributed by atoms with E-state index in [1.54, 1.807) is 17.1 Å². The predicted octanol–water partition coefficient (Wildman–Crippen LogP) is 2.11. The third-order valence-electron chi connectivity index (χ3n) is 1.89. The average Bonchev–Trinajstić information content (AvgIpc) is 2.72. The highest BCUT2D eigenvalue weighted by molar-refractivity contribution is 5.51. The molecule has 0 unspecified atom stereocenters. The minimum absolute atomic E-state index is 1.00. The van der Waals surface area contributed by atoms with Gasteiger partial charge < -0.3 is 0 Å². The molecule has 0 bridgehead atoms. The zero-order valence-electron chi connectivity index (χ0n) is 7.67.